The minimum absolute atomic E-state index is 0.0444. The molecule has 1 aromatic carbocycles. The average Bonchev–Trinajstić information content (AvgIpc) is 3.23. The molecule has 23 heavy (non-hydrogen) atoms. The molecule has 6 heteroatoms. The maximum Gasteiger partial charge on any atom is 0.265 e. The quantitative estimate of drug-likeness (QED) is 0.826. The van der Waals surface area contributed by atoms with Crippen molar-refractivity contribution in [2.75, 3.05) is 26.3 Å². The van der Waals surface area contributed by atoms with Gasteiger partial charge < -0.3 is 14.4 Å². The number of likely N-dealkylation sites (tertiary alicyclic amines) is 1. The molecule has 4 rings (SSSR count). The number of carbonyl (C=O) groups is 1. The van der Waals surface area contributed by atoms with Crippen molar-refractivity contribution < 1.29 is 14.3 Å². The average molecular weight is 352 g/mol. The maximum absolute atomic E-state index is 12.8. The molecule has 0 bridgehead atoms. The zero-order chi connectivity index (χ0) is 15.8. The van der Waals surface area contributed by atoms with E-state index in [1.807, 2.05) is 29.2 Å². The summed E-state index contributed by atoms with van der Waals surface area (Å²) in [6.07, 6.45) is 1.75. The number of piperidine rings is 1. The highest BCUT2D eigenvalue weighted by atomic mass is 35.5. The Hall–Kier alpha value is -1.14. The fourth-order valence-electron chi connectivity index (χ4n) is 3.32. The molecule has 0 atom stereocenters. The number of nitrogens with zero attached hydrogens (tertiary/aromatic N) is 1. The van der Waals surface area contributed by atoms with Crippen molar-refractivity contribution in [1.29, 1.82) is 0 Å². The second kappa shape index (κ2) is 6.40. The fraction of sp³-hybridized carbons (Fsp3) is 0.471. The van der Waals surface area contributed by atoms with Gasteiger partial charge in [0.05, 0.1) is 18.2 Å². The fourth-order valence-corrected chi connectivity index (χ4v) is 4.80. The van der Waals surface area contributed by atoms with Crippen LogP contribution in [-0.2, 0) is 9.47 Å². The first-order chi connectivity index (χ1) is 11.2. The number of thiophene rings is 1. The normalized spacial score (nSPS) is 20.5. The van der Waals surface area contributed by atoms with Crippen LogP contribution in [0.3, 0.4) is 0 Å². The van der Waals surface area contributed by atoms with Gasteiger partial charge >= 0.3 is 0 Å². The summed E-state index contributed by atoms with van der Waals surface area (Å²) < 4.78 is 12.2. The number of amides is 1. The second-order valence-electron chi connectivity index (χ2n) is 5.98. The zero-order valence-electron chi connectivity index (χ0n) is 12.7. The first-order valence-electron chi connectivity index (χ1n) is 7.93. The van der Waals surface area contributed by atoms with E-state index in [0.717, 1.165) is 36.0 Å². The first-order valence-corrected chi connectivity index (χ1v) is 9.13. The van der Waals surface area contributed by atoms with E-state index in [1.165, 1.54) is 11.3 Å². The Morgan fingerprint density at radius 1 is 1.17 bits per heavy atom. The first kappa shape index (κ1) is 15.4. The minimum atomic E-state index is -0.0832. The van der Waals surface area contributed by atoms with E-state index in [4.69, 9.17) is 21.1 Å². The molecule has 2 aliphatic heterocycles. The number of carbonyl (C=O) groups excluding carboxylic acids is 1. The highest BCUT2D eigenvalue weighted by Gasteiger charge is 2.33. The lowest BCUT2D eigenvalue weighted by molar-refractivity contribution is -0.0955. The second-order valence-corrected chi connectivity index (χ2v) is 7.41. The van der Waals surface area contributed by atoms with Crippen LogP contribution in [0.2, 0.25) is 5.02 Å². The van der Waals surface area contributed by atoms with E-state index in [9.17, 15) is 4.79 Å². The molecule has 0 radical (unpaired) electrons. The smallest absolute Gasteiger partial charge is 0.265 e. The lowest BCUT2D eigenvalue weighted by Crippen LogP contribution is -2.41. The summed E-state index contributed by atoms with van der Waals surface area (Å²) in [5.41, 5.74) is 0. The van der Waals surface area contributed by atoms with Crippen LogP contribution < -0.4 is 0 Å². The van der Waals surface area contributed by atoms with Gasteiger partial charge in [0, 0.05) is 29.1 Å². The number of rotatable bonds is 2. The van der Waals surface area contributed by atoms with Gasteiger partial charge in [0.25, 0.3) is 5.91 Å². The molecule has 2 aromatic rings. The monoisotopic (exact) mass is 351 g/mol. The van der Waals surface area contributed by atoms with Gasteiger partial charge in [0.2, 0.25) is 0 Å². The van der Waals surface area contributed by atoms with Gasteiger partial charge in [-0.15, -0.1) is 11.3 Å². The molecule has 4 nitrogen and oxygen atoms in total. The third kappa shape index (κ3) is 2.87. The Morgan fingerprint density at radius 3 is 2.57 bits per heavy atom. The molecule has 0 unspecified atom stereocenters. The summed E-state index contributed by atoms with van der Waals surface area (Å²) in [4.78, 5) is 15.4. The summed E-state index contributed by atoms with van der Waals surface area (Å²) in [5, 5.41) is 1.55. The van der Waals surface area contributed by atoms with Gasteiger partial charge in [0.15, 0.2) is 6.29 Å². The lowest BCUT2D eigenvalue weighted by Gasteiger charge is -2.33. The van der Waals surface area contributed by atoms with Crippen LogP contribution in [0, 0.1) is 5.92 Å². The number of fused-ring (bicyclic) bond motifs is 1. The molecule has 1 amide bonds. The lowest BCUT2D eigenvalue weighted by atomic mass is 9.96. The van der Waals surface area contributed by atoms with E-state index < -0.39 is 0 Å². The number of hydrogen-bond donors (Lipinski definition) is 0. The Balaban J connectivity index is 1.48. The van der Waals surface area contributed by atoms with E-state index in [1.54, 1.807) is 0 Å². The third-order valence-electron chi connectivity index (χ3n) is 4.59. The predicted octanol–water partition coefficient (Wildman–Crippen LogP) is 3.78. The van der Waals surface area contributed by atoms with Crippen molar-refractivity contribution in [2.45, 2.75) is 19.1 Å². The van der Waals surface area contributed by atoms with E-state index in [-0.39, 0.29) is 12.2 Å². The van der Waals surface area contributed by atoms with Crippen molar-refractivity contribution in [3.63, 3.8) is 0 Å². The van der Waals surface area contributed by atoms with Crippen molar-refractivity contribution in [1.82, 2.24) is 4.90 Å². The van der Waals surface area contributed by atoms with Gasteiger partial charge in [-0.1, -0.05) is 29.8 Å². The molecule has 3 heterocycles. The van der Waals surface area contributed by atoms with Crippen LogP contribution in [0.25, 0.3) is 10.1 Å². The Labute approximate surface area is 143 Å². The molecule has 0 aliphatic carbocycles. The molecule has 1 aromatic heterocycles. The van der Waals surface area contributed by atoms with Gasteiger partial charge in [-0.05, 0) is 18.9 Å². The van der Waals surface area contributed by atoms with Crippen LogP contribution in [-0.4, -0.2) is 43.4 Å². The molecule has 0 N–H and O–H groups in total. The van der Waals surface area contributed by atoms with Gasteiger partial charge in [-0.3, -0.25) is 4.79 Å². The van der Waals surface area contributed by atoms with Crippen molar-refractivity contribution in [3.05, 3.63) is 34.2 Å². The van der Waals surface area contributed by atoms with E-state index in [2.05, 4.69) is 0 Å². The molecule has 0 spiro atoms. The number of hydrogen-bond acceptors (Lipinski definition) is 4. The largest absolute Gasteiger partial charge is 0.350 e. The van der Waals surface area contributed by atoms with E-state index >= 15 is 0 Å². The Morgan fingerprint density at radius 2 is 1.87 bits per heavy atom. The Kier molecular flexibility index (Phi) is 4.28. The van der Waals surface area contributed by atoms with E-state index in [0.29, 0.717) is 29.0 Å². The number of benzene rings is 1. The third-order valence-corrected chi connectivity index (χ3v) is 6.25. The summed E-state index contributed by atoms with van der Waals surface area (Å²) >= 11 is 7.91. The van der Waals surface area contributed by atoms with Gasteiger partial charge in [-0.2, -0.15) is 0 Å². The van der Waals surface area contributed by atoms with Crippen LogP contribution >= 0.6 is 22.9 Å². The van der Waals surface area contributed by atoms with Crippen LogP contribution in [0.15, 0.2) is 24.3 Å². The van der Waals surface area contributed by atoms with Gasteiger partial charge in [-0.25, -0.2) is 0 Å². The maximum atomic E-state index is 12.8. The topological polar surface area (TPSA) is 38.8 Å². The summed E-state index contributed by atoms with van der Waals surface area (Å²) in [6, 6.07) is 7.88. The molecular formula is C17H18ClNO3S. The molecule has 2 saturated heterocycles. The van der Waals surface area contributed by atoms with Crippen LogP contribution in [0.1, 0.15) is 22.5 Å². The highest BCUT2D eigenvalue weighted by Crippen LogP contribution is 2.36. The minimum Gasteiger partial charge on any atom is -0.350 e. The molecule has 122 valence electrons. The van der Waals surface area contributed by atoms with Crippen LogP contribution in [0.5, 0.6) is 0 Å². The SMILES string of the molecule is O=C(c1sc2ccccc2c1Cl)N1CCC(C2OCCO2)CC1. The van der Waals surface area contributed by atoms with Crippen LogP contribution in [0.4, 0.5) is 0 Å². The summed E-state index contributed by atoms with van der Waals surface area (Å²) in [5.74, 6) is 0.433. The molecule has 0 saturated carbocycles. The summed E-state index contributed by atoms with van der Waals surface area (Å²) in [6.45, 7) is 2.83. The summed E-state index contributed by atoms with van der Waals surface area (Å²) in [7, 11) is 0. The molecule has 2 aliphatic rings. The predicted molar refractivity (Wildman–Crippen MR) is 91.2 cm³/mol. The standard InChI is InChI=1S/C17H18ClNO3S/c18-14-12-3-1-2-4-13(12)23-15(14)16(20)19-7-5-11(6-8-19)17-21-9-10-22-17/h1-4,11,17H,5-10H2. The van der Waals surface area contributed by atoms with Crippen molar-refractivity contribution >= 4 is 38.9 Å². The molecule has 2 fully saturated rings. The number of halogens is 1. The van der Waals surface area contributed by atoms with Crippen molar-refractivity contribution in [2.24, 2.45) is 5.92 Å². The molecular weight excluding hydrogens is 334 g/mol. The zero-order valence-corrected chi connectivity index (χ0v) is 14.2. The number of ether oxygens (including phenoxy) is 2. The Bertz CT molecular complexity index is 718. The highest BCUT2D eigenvalue weighted by molar-refractivity contribution is 7.21. The van der Waals surface area contributed by atoms with Crippen molar-refractivity contribution in [3.8, 4) is 0 Å². The van der Waals surface area contributed by atoms with Gasteiger partial charge in [0.1, 0.15) is 4.88 Å².